The van der Waals surface area contributed by atoms with E-state index in [1.165, 1.54) is 4.31 Å². The van der Waals surface area contributed by atoms with Crippen molar-refractivity contribution in [3.8, 4) is 0 Å². The highest BCUT2D eigenvalue weighted by molar-refractivity contribution is 7.92. The van der Waals surface area contributed by atoms with E-state index in [9.17, 15) is 13.2 Å². The summed E-state index contributed by atoms with van der Waals surface area (Å²) in [6.07, 6.45) is 1.51. The predicted molar refractivity (Wildman–Crippen MR) is 106 cm³/mol. The number of anilines is 1. The van der Waals surface area contributed by atoms with Gasteiger partial charge in [0.2, 0.25) is 15.9 Å². The van der Waals surface area contributed by atoms with Crippen LogP contribution in [0.2, 0.25) is 0 Å². The standard InChI is InChI=1S/C20H26N2O3S/c1-5-19(20(23)21-14-17-10-6-8-15(2)12-17)22(26(4,24)25)18-11-7-9-16(3)13-18/h6-13,19H,5,14H2,1-4H3,(H,21,23). The van der Waals surface area contributed by atoms with Gasteiger partial charge < -0.3 is 5.32 Å². The maximum atomic E-state index is 12.8. The molecular weight excluding hydrogens is 348 g/mol. The van der Waals surface area contributed by atoms with Crippen LogP contribution in [0.3, 0.4) is 0 Å². The van der Waals surface area contributed by atoms with Crippen molar-refractivity contribution >= 4 is 21.6 Å². The van der Waals surface area contributed by atoms with E-state index in [0.29, 0.717) is 18.7 Å². The number of benzene rings is 2. The summed E-state index contributed by atoms with van der Waals surface area (Å²) in [5, 5.41) is 2.87. The number of hydrogen-bond donors (Lipinski definition) is 1. The van der Waals surface area contributed by atoms with Gasteiger partial charge in [-0.15, -0.1) is 0 Å². The molecule has 0 radical (unpaired) electrons. The Labute approximate surface area is 156 Å². The van der Waals surface area contributed by atoms with Crippen LogP contribution in [0.5, 0.6) is 0 Å². The molecule has 0 saturated carbocycles. The van der Waals surface area contributed by atoms with Crippen LogP contribution < -0.4 is 9.62 Å². The average molecular weight is 375 g/mol. The fraction of sp³-hybridized carbons (Fsp3) is 0.350. The minimum Gasteiger partial charge on any atom is -0.350 e. The molecule has 1 unspecified atom stereocenters. The van der Waals surface area contributed by atoms with Gasteiger partial charge in [0.1, 0.15) is 6.04 Å². The van der Waals surface area contributed by atoms with E-state index >= 15 is 0 Å². The molecule has 0 heterocycles. The van der Waals surface area contributed by atoms with E-state index in [1.807, 2.05) is 51.1 Å². The Morgan fingerprint density at radius 1 is 1.08 bits per heavy atom. The van der Waals surface area contributed by atoms with E-state index in [4.69, 9.17) is 0 Å². The van der Waals surface area contributed by atoms with Gasteiger partial charge in [-0.2, -0.15) is 0 Å². The highest BCUT2D eigenvalue weighted by Gasteiger charge is 2.31. The molecule has 0 aromatic heterocycles. The van der Waals surface area contributed by atoms with Crippen molar-refractivity contribution in [3.05, 3.63) is 65.2 Å². The minimum atomic E-state index is -3.61. The lowest BCUT2D eigenvalue weighted by molar-refractivity contribution is -0.122. The quantitative estimate of drug-likeness (QED) is 0.809. The van der Waals surface area contributed by atoms with Crippen LogP contribution in [-0.2, 0) is 21.4 Å². The lowest BCUT2D eigenvalue weighted by atomic mass is 10.1. The lowest BCUT2D eigenvalue weighted by Crippen LogP contribution is -2.49. The molecule has 0 fully saturated rings. The largest absolute Gasteiger partial charge is 0.350 e. The Bertz CT molecular complexity index is 878. The SMILES string of the molecule is CCC(C(=O)NCc1cccc(C)c1)N(c1cccc(C)c1)S(C)(=O)=O. The van der Waals surface area contributed by atoms with Crippen LogP contribution >= 0.6 is 0 Å². The van der Waals surface area contributed by atoms with Gasteiger partial charge in [0.05, 0.1) is 11.9 Å². The highest BCUT2D eigenvalue weighted by Crippen LogP contribution is 2.23. The molecule has 2 aromatic rings. The van der Waals surface area contributed by atoms with Crippen molar-refractivity contribution in [1.82, 2.24) is 5.32 Å². The highest BCUT2D eigenvalue weighted by atomic mass is 32.2. The minimum absolute atomic E-state index is 0.305. The van der Waals surface area contributed by atoms with Gasteiger partial charge in [-0.05, 0) is 43.5 Å². The molecule has 1 atom stereocenters. The van der Waals surface area contributed by atoms with Crippen LogP contribution in [0.25, 0.3) is 0 Å². The van der Waals surface area contributed by atoms with Crippen LogP contribution in [0.1, 0.15) is 30.0 Å². The van der Waals surface area contributed by atoms with E-state index in [1.54, 1.807) is 18.2 Å². The van der Waals surface area contributed by atoms with Gasteiger partial charge in [-0.25, -0.2) is 8.42 Å². The average Bonchev–Trinajstić information content (AvgIpc) is 2.56. The number of hydrogen-bond acceptors (Lipinski definition) is 3. The normalized spacial score (nSPS) is 12.5. The van der Waals surface area contributed by atoms with E-state index in [2.05, 4.69) is 5.32 Å². The molecule has 1 amide bonds. The molecule has 0 aliphatic carbocycles. The van der Waals surface area contributed by atoms with Crippen molar-refractivity contribution in [2.24, 2.45) is 0 Å². The first-order valence-electron chi connectivity index (χ1n) is 8.61. The Balaban J connectivity index is 2.25. The topological polar surface area (TPSA) is 66.5 Å². The number of amides is 1. The Kier molecular flexibility index (Phi) is 6.42. The summed E-state index contributed by atoms with van der Waals surface area (Å²) in [5.74, 6) is -0.305. The maximum Gasteiger partial charge on any atom is 0.244 e. The third-order valence-corrected chi connectivity index (χ3v) is 5.31. The first kappa shape index (κ1) is 20.0. The van der Waals surface area contributed by atoms with Gasteiger partial charge in [0, 0.05) is 6.54 Å². The van der Waals surface area contributed by atoms with Crippen LogP contribution in [0.15, 0.2) is 48.5 Å². The molecule has 6 heteroatoms. The molecular formula is C20H26N2O3S. The number of nitrogens with one attached hydrogen (secondary N) is 1. The molecule has 0 saturated heterocycles. The number of carbonyl (C=O) groups excluding carboxylic acids is 1. The predicted octanol–water partition coefficient (Wildman–Crippen LogP) is 3.16. The smallest absolute Gasteiger partial charge is 0.244 e. The molecule has 1 N–H and O–H groups in total. The summed E-state index contributed by atoms with van der Waals surface area (Å²) in [4.78, 5) is 12.8. The molecule has 0 bridgehead atoms. The number of aryl methyl sites for hydroxylation is 2. The summed E-state index contributed by atoms with van der Waals surface area (Å²) in [7, 11) is -3.61. The number of sulfonamides is 1. The first-order chi connectivity index (χ1) is 12.2. The molecule has 26 heavy (non-hydrogen) atoms. The summed E-state index contributed by atoms with van der Waals surface area (Å²) in [5.41, 5.74) is 3.53. The van der Waals surface area contributed by atoms with Crippen molar-refractivity contribution < 1.29 is 13.2 Å². The summed E-state index contributed by atoms with van der Waals surface area (Å²) >= 11 is 0. The third-order valence-electron chi connectivity index (χ3n) is 4.14. The molecule has 2 aromatic carbocycles. The second-order valence-electron chi connectivity index (χ2n) is 6.53. The van der Waals surface area contributed by atoms with E-state index in [-0.39, 0.29) is 5.91 Å². The molecule has 0 aliphatic heterocycles. The number of nitrogens with zero attached hydrogens (tertiary/aromatic N) is 1. The lowest BCUT2D eigenvalue weighted by Gasteiger charge is -2.30. The van der Waals surface area contributed by atoms with Crippen LogP contribution in [-0.4, -0.2) is 26.6 Å². The van der Waals surface area contributed by atoms with Gasteiger partial charge in [-0.3, -0.25) is 9.10 Å². The monoisotopic (exact) mass is 374 g/mol. The van der Waals surface area contributed by atoms with Crippen molar-refractivity contribution in [3.63, 3.8) is 0 Å². The first-order valence-corrected chi connectivity index (χ1v) is 10.5. The van der Waals surface area contributed by atoms with Gasteiger partial charge in [-0.1, -0.05) is 48.9 Å². The Hall–Kier alpha value is -2.34. The molecule has 140 valence electrons. The number of rotatable bonds is 7. The third kappa shape index (κ3) is 5.08. The zero-order valence-electron chi connectivity index (χ0n) is 15.7. The summed E-state index contributed by atoms with van der Waals surface area (Å²) in [6.45, 7) is 6.05. The van der Waals surface area contributed by atoms with Crippen LogP contribution in [0.4, 0.5) is 5.69 Å². The second kappa shape index (κ2) is 8.36. The molecule has 2 rings (SSSR count). The second-order valence-corrected chi connectivity index (χ2v) is 8.39. The van der Waals surface area contributed by atoms with E-state index in [0.717, 1.165) is 22.9 Å². The van der Waals surface area contributed by atoms with Gasteiger partial charge in [0.15, 0.2) is 0 Å². The maximum absolute atomic E-state index is 12.8. The zero-order valence-corrected chi connectivity index (χ0v) is 16.5. The van der Waals surface area contributed by atoms with E-state index < -0.39 is 16.1 Å². The number of carbonyl (C=O) groups is 1. The summed E-state index contributed by atoms with van der Waals surface area (Å²) in [6, 6.07) is 14.2. The van der Waals surface area contributed by atoms with Crippen molar-refractivity contribution in [2.45, 2.75) is 39.8 Å². The Morgan fingerprint density at radius 3 is 2.23 bits per heavy atom. The fourth-order valence-corrected chi connectivity index (χ4v) is 4.16. The van der Waals surface area contributed by atoms with Crippen molar-refractivity contribution in [2.75, 3.05) is 10.6 Å². The fourth-order valence-electron chi connectivity index (χ4n) is 2.95. The van der Waals surface area contributed by atoms with Gasteiger partial charge in [0.25, 0.3) is 0 Å². The molecule has 5 nitrogen and oxygen atoms in total. The van der Waals surface area contributed by atoms with Gasteiger partial charge >= 0.3 is 0 Å². The van der Waals surface area contributed by atoms with Crippen LogP contribution in [0, 0.1) is 13.8 Å². The molecule has 0 spiro atoms. The van der Waals surface area contributed by atoms with Crippen molar-refractivity contribution in [1.29, 1.82) is 0 Å². The molecule has 0 aliphatic rings. The summed E-state index contributed by atoms with van der Waals surface area (Å²) < 4.78 is 26.0. The zero-order chi connectivity index (χ0) is 19.3. The Morgan fingerprint density at radius 2 is 1.69 bits per heavy atom.